The Morgan fingerprint density at radius 3 is 2.71 bits per heavy atom. The fraction of sp³-hybridized carbons (Fsp3) is 0.286. The first-order chi connectivity index (χ1) is 15.0. The zero-order valence-electron chi connectivity index (χ0n) is 16.9. The number of carbonyl (C=O) groups excluding carboxylic acids is 1. The molecule has 0 saturated heterocycles. The number of carbonyl (C=O) groups is 1. The first kappa shape index (κ1) is 20.3. The second-order valence-electron chi connectivity index (χ2n) is 7.13. The Morgan fingerprint density at radius 2 is 1.97 bits per heavy atom. The number of nitrogens with one attached hydrogen (secondary N) is 2. The van der Waals surface area contributed by atoms with Gasteiger partial charge in [-0.05, 0) is 49.1 Å². The highest BCUT2D eigenvalue weighted by Crippen LogP contribution is 2.16. The summed E-state index contributed by atoms with van der Waals surface area (Å²) in [7, 11) is 1.51. The van der Waals surface area contributed by atoms with Crippen molar-refractivity contribution in [1.29, 1.82) is 0 Å². The number of nitrogens with zero attached hydrogens (tertiary/aromatic N) is 3. The lowest BCUT2D eigenvalue weighted by Gasteiger charge is -2.10. The van der Waals surface area contributed by atoms with Crippen LogP contribution in [0.4, 0.5) is 0 Å². The number of methoxy groups -OCH3 is 1. The van der Waals surface area contributed by atoms with E-state index in [0.717, 1.165) is 41.3 Å². The van der Waals surface area contributed by atoms with Gasteiger partial charge >= 0.3 is 5.69 Å². The van der Waals surface area contributed by atoms with Crippen molar-refractivity contribution in [2.75, 3.05) is 13.7 Å². The lowest BCUT2D eigenvalue weighted by Crippen LogP contribution is -2.40. The van der Waals surface area contributed by atoms with Gasteiger partial charge in [0.2, 0.25) is 0 Å². The molecule has 2 aromatic heterocycles. The highest BCUT2D eigenvalue weighted by Gasteiger charge is 2.17. The van der Waals surface area contributed by atoms with E-state index in [2.05, 4.69) is 15.4 Å². The topological polar surface area (TPSA) is 128 Å². The number of benzene rings is 1. The Morgan fingerprint density at radius 1 is 1.19 bits per heavy atom. The Bertz CT molecular complexity index is 1300. The van der Waals surface area contributed by atoms with E-state index in [-0.39, 0.29) is 24.2 Å². The van der Waals surface area contributed by atoms with Gasteiger partial charge in [-0.1, -0.05) is 0 Å². The molecular formula is C21H21N5O5. The minimum atomic E-state index is -0.751. The molecule has 1 aromatic carbocycles. The van der Waals surface area contributed by atoms with E-state index in [9.17, 15) is 19.2 Å². The number of ether oxygens (including phenoxy) is 1. The summed E-state index contributed by atoms with van der Waals surface area (Å²) in [5.41, 5.74) is 0.340. The third-order valence-electron chi connectivity index (χ3n) is 5.18. The zero-order valence-corrected chi connectivity index (χ0v) is 16.9. The van der Waals surface area contributed by atoms with Crippen LogP contribution in [-0.4, -0.2) is 38.9 Å². The van der Waals surface area contributed by atoms with Gasteiger partial charge in [0.25, 0.3) is 17.0 Å². The predicted octanol–water partition coefficient (Wildman–Crippen LogP) is 0.00980. The van der Waals surface area contributed by atoms with E-state index in [1.165, 1.54) is 11.8 Å². The van der Waals surface area contributed by atoms with Gasteiger partial charge in [-0.3, -0.25) is 14.4 Å². The molecule has 0 bridgehead atoms. The van der Waals surface area contributed by atoms with Crippen LogP contribution in [0.25, 0.3) is 5.69 Å². The predicted molar refractivity (Wildman–Crippen MR) is 112 cm³/mol. The first-order valence-electron chi connectivity index (χ1n) is 9.85. The van der Waals surface area contributed by atoms with Crippen LogP contribution in [0.3, 0.4) is 0 Å². The smallest absolute Gasteiger partial charge is 0.333 e. The largest absolute Gasteiger partial charge is 0.497 e. The van der Waals surface area contributed by atoms with Gasteiger partial charge in [-0.15, -0.1) is 0 Å². The van der Waals surface area contributed by atoms with E-state index in [0.29, 0.717) is 11.4 Å². The first-order valence-corrected chi connectivity index (χ1v) is 9.85. The molecule has 10 nitrogen and oxygen atoms in total. The molecule has 2 N–H and O–H groups in total. The van der Waals surface area contributed by atoms with Crippen molar-refractivity contribution >= 4 is 5.91 Å². The second kappa shape index (κ2) is 8.42. The van der Waals surface area contributed by atoms with E-state index >= 15 is 0 Å². The summed E-state index contributed by atoms with van der Waals surface area (Å²) in [6.07, 6.45) is 3.77. The highest BCUT2D eigenvalue weighted by atomic mass is 16.5. The van der Waals surface area contributed by atoms with Crippen LogP contribution in [-0.2, 0) is 19.4 Å². The number of rotatable bonds is 6. The van der Waals surface area contributed by atoms with E-state index in [1.807, 2.05) is 0 Å². The van der Waals surface area contributed by atoms with Crippen molar-refractivity contribution in [3.8, 4) is 11.4 Å². The summed E-state index contributed by atoms with van der Waals surface area (Å²) in [6, 6.07) is 7.89. The van der Waals surface area contributed by atoms with Crippen molar-refractivity contribution in [2.24, 2.45) is 0 Å². The van der Waals surface area contributed by atoms with Gasteiger partial charge in [-0.25, -0.2) is 14.0 Å². The summed E-state index contributed by atoms with van der Waals surface area (Å²) in [6.45, 7) is 0.277. The van der Waals surface area contributed by atoms with Crippen molar-refractivity contribution < 1.29 is 9.53 Å². The molecule has 1 aliphatic carbocycles. The minimum Gasteiger partial charge on any atom is -0.497 e. The lowest BCUT2D eigenvalue weighted by molar-refractivity contribution is 0.0949. The summed E-state index contributed by atoms with van der Waals surface area (Å²) in [5, 5.41) is 6.95. The van der Waals surface area contributed by atoms with Gasteiger partial charge in [0, 0.05) is 18.8 Å². The van der Waals surface area contributed by atoms with Crippen LogP contribution in [0.2, 0.25) is 0 Å². The van der Waals surface area contributed by atoms with Crippen molar-refractivity contribution in [2.45, 2.75) is 25.8 Å². The molecule has 2 heterocycles. The molecule has 1 amide bonds. The molecule has 4 rings (SSSR count). The number of amides is 1. The maximum absolute atomic E-state index is 12.8. The highest BCUT2D eigenvalue weighted by molar-refractivity contribution is 5.93. The number of aromatic nitrogens is 4. The quantitative estimate of drug-likeness (QED) is 0.575. The number of hydrogen-bond donors (Lipinski definition) is 2. The summed E-state index contributed by atoms with van der Waals surface area (Å²) in [4.78, 5) is 52.1. The molecule has 0 fully saturated rings. The Balaban J connectivity index is 1.51. The fourth-order valence-electron chi connectivity index (χ4n) is 3.57. The van der Waals surface area contributed by atoms with Crippen LogP contribution in [0, 0.1) is 0 Å². The van der Waals surface area contributed by atoms with Crippen LogP contribution in [0.15, 0.2) is 50.9 Å². The van der Waals surface area contributed by atoms with E-state index in [1.54, 1.807) is 30.3 Å². The molecule has 0 atom stereocenters. The monoisotopic (exact) mass is 423 g/mol. The van der Waals surface area contributed by atoms with Gasteiger partial charge < -0.3 is 15.0 Å². The van der Waals surface area contributed by atoms with Gasteiger partial charge in [0.1, 0.15) is 11.3 Å². The lowest BCUT2D eigenvalue weighted by atomic mass is 10.2. The Labute approximate surface area is 176 Å². The summed E-state index contributed by atoms with van der Waals surface area (Å²) >= 11 is 0. The second-order valence-corrected chi connectivity index (χ2v) is 7.13. The van der Waals surface area contributed by atoms with Crippen LogP contribution >= 0.6 is 0 Å². The van der Waals surface area contributed by atoms with Crippen LogP contribution in [0.5, 0.6) is 5.75 Å². The maximum Gasteiger partial charge on any atom is 0.333 e. The zero-order chi connectivity index (χ0) is 22.0. The number of fused-ring (bicyclic) bond motifs is 1. The number of hydrogen-bond acceptors (Lipinski definition) is 6. The number of H-pyrrole nitrogens is 1. The van der Waals surface area contributed by atoms with E-state index in [4.69, 9.17) is 4.74 Å². The fourth-order valence-corrected chi connectivity index (χ4v) is 3.57. The number of aryl methyl sites for hydroxylation is 2. The van der Waals surface area contributed by atoms with Crippen LogP contribution in [0.1, 0.15) is 28.0 Å². The summed E-state index contributed by atoms with van der Waals surface area (Å²) in [5.74, 6) is -0.0877. The number of aromatic amines is 1. The minimum absolute atomic E-state index is 0.103. The Hall–Kier alpha value is -3.95. The molecule has 0 radical (unpaired) electrons. The molecule has 3 aromatic rings. The van der Waals surface area contributed by atoms with Crippen molar-refractivity contribution in [3.63, 3.8) is 0 Å². The molecule has 0 unspecified atom stereocenters. The average Bonchev–Trinajstić information content (AvgIpc) is 3.21. The molecule has 10 heteroatoms. The van der Waals surface area contributed by atoms with Gasteiger partial charge in [-0.2, -0.15) is 5.10 Å². The molecule has 0 saturated carbocycles. The molecule has 0 spiro atoms. The SMILES string of the molecule is COc1ccc(-n2c(=O)[nH]cc(C(=O)NCCn3nc4c(cc3=O)CCC4)c2=O)cc1. The average molecular weight is 423 g/mol. The third-order valence-corrected chi connectivity index (χ3v) is 5.18. The van der Waals surface area contributed by atoms with Gasteiger partial charge in [0.05, 0.1) is 25.0 Å². The normalized spacial score (nSPS) is 12.4. The summed E-state index contributed by atoms with van der Waals surface area (Å²) < 4.78 is 7.26. The molecule has 31 heavy (non-hydrogen) atoms. The van der Waals surface area contributed by atoms with Crippen molar-refractivity contribution in [3.05, 3.63) is 84.5 Å². The molecule has 0 aliphatic heterocycles. The van der Waals surface area contributed by atoms with Crippen molar-refractivity contribution in [1.82, 2.24) is 24.6 Å². The molecule has 1 aliphatic rings. The maximum atomic E-state index is 12.8. The molecule has 160 valence electrons. The van der Waals surface area contributed by atoms with Crippen LogP contribution < -0.4 is 26.9 Å². The van der Waals surface area contributed by atoms with Gasteiger partial charge in [0.15, 0.2) is 0 Å². The van der Waals surface area contributed by atoms with E-state index < -0.39 is 17.2 Å². The Kier molecular flexibility index (Phi) is 5.52. The molecular weight excluding hydrogens is 402 g/mol. The standard InChI is InChI=1S/C21H21N5O5/c1-31-15-7-5-14(6-8-15)26-20(29)16(12-23-21(26)30)19(28)22-9-10-25-18(27)11-13-3-2-4-17(13)24-25/h5-8,11-12H,2-4,9-10H2,1H3,(H,22,28)(H,23,30). The third kappa shape index (κ3) is 4.04.